The van der Waals surface area contributed by atoms with Gasteiger partial charge in [0.2, 0.25) is 0 Å². The van der Waals surface area contributed by atoms with E-state index in [4.69, 9.17) is 9.15 Å². The van der Waals surface area contributed by atoms with Gasteiger partial charge in [-0.15, -0.1) is 0 Å². The molecular formula is C24H29F2N3O3. The van der Waals surface area contributed by atoms with E-state index in [0.717, 1.165) is 50.9 Å². The molecule has 1 aliphatic heterocycles. The molecule has 3 aliphatic rings. The van der Waals surface area contributed by atoms with E-state index < -0.39 is 17.5 Å². The van der Waals surface area contributed by atoms with Crippen LogP contribution in [-0.2, 0) is 6.42 Å². The first-order valence-electron chi connectivity index (χ1n) is 11.7. The highest BCUT2D eigenvalue weighted by Crippen LogP contribution is 2.52. The molecule has 32 heavy (non-hydrogen) atoms. The van der Waals surface area contributed by atoms with Gasteiger partial charge >= 0.3 is 0 Å². The monoisotopic (exact) mass is 445 g/mol. The van der Waals surface area contributed by atoms with Crippen LogP contribution in [-0.4, -0.2) is 30.1 Å². The molecule has 2 heterocycles. The molecule has 0 bridgehead atoms. The van der Waals surface area contributed by atoms with E-state index in [0.29, 0.717) is 30.0 Å². The van der Waals surface area contributed by atoms with Crippen molar-refractivity contribution < 1.29 is 22.7 Å². The van der Waals surface area contributed by atoms with Gasteiger partial charge in [0.15, 0.2) is 23.1 Å². The van der Waals surface area contributed by atoms with E-state index in [9.17, 15) is 13.6 Å². The number of carbonyl (C=O) groups is 1. The number of aryl methyl sites for hydroxylation is 1. The number of benzene rings is 1. The topological polar surface area (TPSA) is 67.6 Å². The van der Waals surface area contributed by atoms with Gasteiger partial charge in [-0.1, -0.05) is 19.8 Å². The largest absolute Gasteiger partial charge is 0.484 e. The second kappa shape index (κ2) is 8.71. The zero-order valence-corrected chi connectivity index (χ0v) is 18.3. The molecule has 2 aromatic rings. The standard InChI is InChI=1S/C24H29F2N3O3/c1-2-20-21(28-24(32-20)29-7-5-3-4-6-8-29)23(30)27-16-12-18(25)22(19(26)13-16)31-17-10-14-9-15(14)11-17/h12-15,17H,2-11H2,1H3,(H,27,30)/t14-,15?,17?/m0/s1. The number of aromatic nitrogens is 1. The Morgan fingerprint density at radius 1 is 1.12 bits per heavy atom. The Hall–Kier alpha value is -2.64. The molecule has 0 spiro atoms. The molecule has 8 heteroatoms. The van der Waals surface area contributed by atoms with Crippen molar-refractivity contribution in [2.75, 3.05) is 23.3 Å². The lowest BCUT2D eigenvalue weighted by molar-refractivity contribution is 0.102. The first kappa shape index (κ1) is 21.2. The molecular weight excluding hydrogens is 416 g/mol. The van der Waals surface area contributed by atoms with Crippen LogP contribution < -0.4 is 15.0 Å². The highest BCUT2D eigenvalue weighted by Gasteiger charge is 2.47. The number of halogens is 2. The van der Waals surface area contributed by atoms with Gasteiger partial charge in [-0.25, -0.2) is 8.78 Å². The van der Waals surface area contributed by atoms with E-state index in [1.807, 2.05) is 6.92 Å². The van der Waals surface area contributed by atoms with Crippen LogP contribution in [0.25, 0.3) is 0 Å². The normalized spacial score (nSPS) is 24.7. The highest BCUT2D eigenvalue weighted by molar-refractivity contribution is 6.03. The summed E-state index contributed by atoms with van der Waals surface area (Å²) < 4.78 is 40.7. The molecule has 2 saturated carbocycles. The van der Waals surface area contributed by atoms with E-state index in [1.165, 1.54) is 19.3 Å². The molecule has 1 amide bonds. The fourth-order valence-electron chi connectivity index (χ4n) is 5.01. The molecule has 6 nitrogen and oxygen atoms in total. The van der Waals surface area contributed by atoms with Crippen LogP contribution in [0.5, 0.6) is 5.75 Å². The molecule has 5 rings (SSSR count). The van der Waals surface area contributed by atoms with Gasteiger partial charge in [-0.3, -0.25) is 4.79 Å². The number of rotatable bonds is 6. The van der Waals surface area contributed by atoms with Gasteiger partial charge in [0.1, 0.15) is 5.76 Å². The Labute approximate surface area is 186 Å². The molecule has 1 aromatic heterocycles. The quantitative estimate of drug-likeness (QED) is 0.651. The van der Waals surface area contributed by atoms with Gasteiger partial charge in [0.05, 0.1) is 6.10 Å². The number of hydrogen-bond acceptors (Lipinski definition) is 5. The fraction of sp³-hybridized carbons (Fsp3) is 0.583. The van der Waals surface area contributed by atoms with Crippen LogP contribution >= 0.6 is 0 Å². The van der Waals surface area contributed by atoms with Crippen molar-refractivity contribution in [2.24, 2.45) is 11.8 Å². The lowest BCUT2D eigenvalue weighted by Crippen LogP contribution is -2.24. The molecule has 2 unspecified atom stereocenters. The highest BCUT2D eigenvalue weighted by atomic mass is 19.1. The minimum atomic E-state index is -0.818. The Balaban J connectivity index is 1.30. The lowest BCUT2D eigenvalue weighted by Gasteiger charge is -2.17. The average molecular weight is 446 g/mol. The van der Waals surface area contributed by atoms with Crippen molar-refractivity contribution in [1.82, 2.24) is 4.98 Å². The summed E-state index contributed by atoms with van der Waals surface area (Å²) in [6.07, 6.45) is 7.72. The molecule has 0 radical (unpaired) electrons. The summed E-state index contributed by atoms with van der Waals surface area (Å²) in [6.45, 7) is 3.55. The number of anilines is 2. The van der Waals surface area contributed by atoms with Gasteiger partial charge in [-0.2, -0.15) is 4.98 Å². The van der Waals surface area contributed by atoms with E-state index in [-0.39, 0.29) is 23.2 Å². The number of nitrogens with zero attached hydrogens (tertiary/aromatic N) is 2. The van der Waals surface area contributed by atoms with E-state index >= 15 is 0 Å². The van der Waals surface area contributed by atoms with Gasteiger partial charge in [-0.05, 0) is 43.9 Å². The van der Waals surface area contributed by atoms with E-state index in [2.05, 4.69) is 15.2 Å². The van der Waals surface area contributed by atoms with Gasteiger partial charge < -0.3 is 19.4 Å². The fourth-order valence-corrected chi connectivity index (χ4v) is 5.01. The zero-order valence-electron chi connectivity index (χ0n) is 18.3. The minimum Gasteiger partial charge on any atom is -0.484 e. The Kier molecular flexibility index (Phi) is 5.78. The maximum Gasteiger partial charge on any atom is 0.298 e. The minimum absolute atomic E-state index is 0.0213. The zero-order chi connectivity index (χ0) is 22.2. The van der Waals surface area contributed by atoms with Crippen LogP contribution in [0.1, 0.15) is 68.1 Å². The van der Waals surface area contributed by atoms with Crippen LogP contribution in [0.3, 0.4) is 0 Å². The second-order valence-corrected chi connectivity index (χ2v) is 9.21. The van der Waals surface area contributed by atoms with Crippen LogP contribution in [0, 0.1) is 23.5 Å². The van der Waals surface area contributed by atoms with Gasteiger partial charge in [0.25, 0.3) is 11.9 Å². The van der Waals surface area contributed by atoms with Crippen molar-refractivity contribution in [1.29, 1.82) is 0 Å². The van der Waals surface area contributed by atoms with Crippen LogP contribution in [0.15, 0.2) is 16.5 Å². The first-order chi connectivity index (χ1) is 15.5. The summed E-state index contributed by atoms with van der Waals surface area (Å²) in [7, 11) is 0. The van der Waals surface area contributed by atoms with Crippen molar-refractivity contribution in [3.05, 3.63) is 35.2 Å². The molecule has 1 saturated heterocycles. The third-order valence-electron chi connectivity index (χ3n) is 6.84. The molecule has 1 aromatic carbocycles. The third-order valence-corrected chi connectivity index (χ3v) is 6.84. The molecule has 2 aliphatic carbocycles. The summed E-state index contributed by atoms with van der Waals surface area (Å²) in [5.41, 5.74) is 0.172. The summed E-state index contributed by atoms with van der Waals surface area (Å²) >= 11 is 0. The van der Waals surface area contributed by atoms with Crippen molar-refractivity contribution in [2.45, 2.75) is 64.4 Å². The predicted octanol–water partition coefficient (Wildman–Crippen LogP) is 5.33. The lowest BCUT2D eigenvalue weighted by atomic mass is 10.2. The van der Waals surface area contributed by atoms with Crippen molar-refractivity contribution in [3.8, 4) is 5.75 Å². The third kappa shape index (κ3) is 4.32. The maximum absolute atomic E-state index is 14.6. The number of oxazole rings is 1. The number of nitrogens with one attached hydrogen (secondary N) is 1. The van der Waals surface area contributed by atoms with Crippen molar-refractivity contribution in [3.63, 3.8) is 0 Å². The number of ether oxygens (including phenoxy) is 1. The average Bonchev–Trinajstić information content (AvgIpc) is 3.28. The summed E-state index contributed by atoms with van der Waals surface area (Å²) in [5.74, 6) is -0.784. The van der Waals surface area contributed by atoms with Crippen molar-refractivity contribution >= 4 is 17.6 Å². The van der Waals surface area contributed by atoms with Crippen LogP contribution in [0.4, 0.5) is 20.5 Å². The second-order valence-electron chi connectivity index (χ2n) is 9.21. The molecule has 1 N–H and O–H groups in total. The predicted molar refractivity (Wildman–Crippen MR) is 116 cm³/mol. The smallest absolute Gasteiger partial charge is 0.298 e. The molecule has 3 fully saturated rings. The first-order valence-corrected chi connectivity index (χ1v) is 11.7. The summed E-state index contributed by atoms with van der Waals surface area (Å²) in [4.78, 5) is 19.3. The number of hydrogen-bond donors (Lipinski definition) is 1. The number of carbonyl (C=O) groups excluding carboxylic acids is 1. The SMILES string of the molecule is CCc1oc(N2CCCCCC2)nc1C(=O)Nc1cc(F)c(OC2CC3C[C@H]3C2)c(F)c1. The molecule has 172 valence electrons. The van der Waals surface area contributed by atoms with E-state index in [1.54, 1.807) is 0 Å². The number of amides is 1. The Morgan fingerprint density at radius 3 is 2.41 bits per heavy atom. The van der Waals surface area contributed by atoms with Crippen LogP contribution in [0.2, 0.25) is 0 Å². The maximum atomic E-state index is 14.6. The Morgan fingerprint density at radius 2 is 1.78 bits per heavy atom. The van der Waals surface area contributed by atoms with Gasteiger partial charge in [0, 0.05) is 37.3 Å². The summed E-state index contributed by atoms with van der Waals surface area (Å²) in [5, 5.41) is 2.56. The molecule has 3 atom stereocenters. The Bertz CT molecular complexity index is 967. The summed E-state index contributed by atoms with van der Waals surface area (Å²) in [6, 6.07) is 2.62. The number of fused-ring (bicyclic) bond motifs is 1.